The molecule has 3 rings (SSSR count). The molecule has 1 aromatic rings. The van der Waals surface area contributed by atoms with Gasteiger partial charge >= 0.3 is 0 Å². The van der Waals surface area contributed by atoms with Gasteiger partial charge in [0.05, 0.1) is 12.5 Å². The molecule has 1 heterocycles. The first-order valence-corrected chi connectivity index (χ1v) is 8.05. The second kappa shape index (κ2) is 5.49. The largest absolute Gasteiger partial charge is 0.381 e. The van der Waals surface area contributed by atoms with Crippen LogP contribution in [-0.2, 0) is 14.9 Å². The van der Waals surface area contributed by atoms with Gasteiger partial charge in [-0.1, -0.05) is 28.1 Å². The number of ether oxygens (including phenoxy) is 1. The highest BCUT2D eigenvalue weighted by Gasteiger charge is 2.49. The zero-order valence-electron chi connectivity index (χ0n) is 11.7. The Balaban J connectivity index is 1.68. The Hall–Kier alpha value is -0.870. The monoisotopic (exact) mass is 337 g/mol. The van der Waals surface area contributed by atoms with E-state index in [0.29, 0.717) is 13.2 Å². The van der Waals surface area contributed by atoms with Crippen LogP contribution in [0.2, 0.25) is 0 Å². The van der Waals surface area contributed by atoms with Crippen molar-refractivity contribution in [2.45, 2.75) is 37.6 Å². The fraction of sp³-hybridized carbons (Fsp3) is 0.562. The van der Waals surface area contributed by atoms with E-state index in [1.165, 1.54) is 5.56 Å². The average Bonchev–Trinajstić information content (AvgIpc) is 3.06. The van der Waals surface area contributed by atoms with E-state index in [1.807, 2.05) is 0 Å². The van der Waals surface area contributed by atoms with E-state index in [4.69, 9.17) is 4.74 Å². The van der Waals surface area contributed by atoms with Crippen LogP contribution in [0.1, 0.15) is 31.7 Å². The second-order valence-electron chi connectivity index (χ2n) is 5.95. The lowest BCUT2D eigenvalue weighted by molar-refractivity contribution is -0.125. The number of amides is 1. The number of carbonyl (C=O) groups excluding carboxylic acids is 1. The fourth-order valence-electron chi connectivity index (χ4n) is 3.10. The van der Waals surface area contributed by atoms with Gasteiger partial charge in [-0.25, -0.2) is 0 Å². The van der Waals surface area contributed by atoms with Crippen molar-refractivity contribution < 1.29 is 9.53 Å². The molecule has 2 atom stereocenters. The highest BCUT2D eigenvalue weighted by atomic mass is 79.9. The lowest BCUT2D eigenvalue weighted by atomic mass is 9.88. The third kappa shape index (κ3) is 2.63. The molecule has 1 aliphatic heterocycles. The van der Waals surface area contributed by atoms with E-state index >= 15 is 0 Å². The third-order valence-electron chi connectivity index (χ3n) is 4.70. The minimum atomic E-state index is 0.0400. The Morgan fingerprint density at radius 1 is 1.40 bits per heavy atom. The molecular weight excluding hydrogens is 318 g/mol. The van der Waals surface area contributed by atoms with Crippen LogP contribution < -0.4 is 5.32 Å². The molecule has 4 heteroatoms. The Morgan fingerprint density at radius 3 is 2.65 bits per heavy atom. The van der Waals surface area contributed by atoms with E-state index in [0.717, 1.165) is 23.7 Å². The molecule has 1 amide bonds. The number of nitrogens with one attached hydrogen (secondary N) is 1. The summed E-state index contributed by atoms with van der Waals surface area (Å²) in [4.78, 5) is 12.2. The molecule has 108 valence electrons. The van der Waals surface area contributed by atoms with Gasteiger partial charge in [-0.3, -0.25) is 4.79 Å². The maximum Gasteiger partial charge on any atom is 0.225 e. The Kier molecular flexibility index (Phi) is 3.87. The number of hydrogen-bond acceptors (Lipinski definition) is 2. The number of carbonyl (C=O) groups is 1. The summed E-state index contributed by atoms with van der Waals surface area (Å²) >= 11 is 3.47. The highest BCUT2D eigenvalue weighted by Crippen LogP contribution is 2.51. The van der Waals surface area contributed by atoms with Crippen LogP contribution in [0, 0.1) is 5.92 Å². The number of rotatable bonds is 4. The SMILES string of the molecule is CC(NC(=O)C1CCOC1)C1(c2ccc(Br)cc2)CC1. The van der Waals surface area contributed by atoms with Gasteiger partial charge in [-0.15, -0.1) is 0 Å². The maximum atomic E-state index is 12.2. The molecule has 1 N–H and O–H groups in total. The summed E-state index contributed by atoms with van der Waals surface area (Å²) in [6.45, 7) is 3.41. The minimum Gasteiger partial charge on any atom is -0.381 e. The van der Waals surface area contributed by atoms with Crippen molar-refractivity contribution in [3.8, 4) is 0 Å². The van der Waals surface area contributed by atoms with Crippen molar-refractivity contribution >= 4 is 21.8 Å². The molecule has 1 aliphatic carbocycles. The molecule has 2 unspecified atom stereocenters. The number of hydrogen-bond donors (Lipinski definition) is 1. The summed E-state index contributed by atoms with van der Waals surface area (Å²) in [5.41, 5.74) is 1.46. The van der Waals surface area contributed by atoms with Crippen molar-refractivity contribution in [1.82, 2.24) is 5.32 Å². The lowest BCUT2D eigenvalue weighted by Gasteiger charge is -2.26. The smallest absolute Gasteiger partial charge is 0.225 e. The molecule has 2 fully saturated rings. The lowest BCUT2D eigenvalue weighted by Crippen LogP contribution is -2.44. The summed E-state index contributed by atoms with van der Waals surface area (Å²) in [5.74, 6) is 0.191. The first kappa shape index (κ1) is 14.1. The van der Waals surface area contributed by atoms with Gasteiger partial charge in [0.25, 0.3) is 0 Å². The third-order valence-corrected chi connectivity index (χ3v) is 5.22. The Bertz CT molecular complexity index is 490. The summed E-state index contributed by atoms with van der Waals surface area (Å²) in [7, 11) is 0. The van der Waals surface area contributed by atoms with E-state index in [9.17, 15) is 4.79 Å². The molecule has 0 bridgehead atoms. The minimum absolute atomic E-state index is 0.0400. The maximum absolute atomic E-state index is 12.2. The van der Waals surface area contributed by atoms with Crippen LogP contribution >= 0.6 is 15.9 Å². The molecule has 1 aromatic carbocycles. The standard InChI is InChI=1S/C16H20BrNO2/c1-11(18-15(19)12-6-9-20-10-12)16(7-8-16)13-2-4-14(17)5-3-13/h2-5,11-12H,6-10H2,1H3,(H,18,19). The van der Waals surface area contributed by atoms with Crippen LogP contribution in [0.5, 0.6) is 0 Å². The van der Waals surface area contributed by atoms with Crippen molar-refractivity contribution in [2.75, 3.05) is 13.2 Å². The summed E-state index contributed by atoms with van der Waals surface area (Å²) < 4.78 is 6.39. The van der Waals surface area contributed by atoms with Gasteiger partial charge in [-0.05, 0) is 43.9 Å². The van der Waals surface area contributed by atoms with Gasteiger partial charge in [-0.2, -0.15) is 0 Å². The van der Waals surface area contributed by atoms with E-state index in [1.54, 1.807) is 0 Å². The highest BCUT2D eigenvalue weighted by molar-refractivity contribution is 9.10. The predicted octanol–water partition coefficient (Wildman–Crippen LogP) is 3.02. The van der Waals surface area contributed by atoms with Crippen molar-refractivity contribution in [3.63, 3.8) is 0 Å². The fourth-order valence-corrected chi connectivity index (χ4v) is 3.36. The Labute approximate surface area is 128 Å². The van der Waals surface area contributed by atoms with E-state index < -0.39 is 0 Å². The average molecular weight is 338 g/mol. The normalized spacial score (nSPS) is 25.2. The van der Waals surface area contributed by atoms with E-state index in [2.05, 4.69) is 52.4 Å². The molecule has 0 radical (unpaired) electrons. The van der Waals surface area contributed by atoms with E-state index in [-0.39, 0.29) is 23.3 Å². The molecular formula is C16H20BrNO2. The quantitative estimate of drug-likeness (QED) is 0.917. The Morgan fingerprint density at radius 2 is 2.10 bits per heavy atom. The van der Waals surface area contributed by atoms with Crippen LogP contribution in [0.15, 0.2) is 28.7 Å². The van der Waals surface area contributed by atoms with Gasteiger partial charge in [0.15, 0.2) is 0 Å². The molecule has 3 nitrogen and oxygen atoms in total. The van der Waals surface area contributed by atoms with Crippen LogP contribution in [0.3, 0.4) is 0 Å². The summed E-state index contributed by atoms with van der Waals surface area (Å²) in [5, 5.41) is 3.21. The second-order valence-corrected chi connectivity index (χ2v) is 6.87. The molecule has 2 aliphatic rings. The number of halogens is 1. The van der Waals surface area contributed by atoms with Crippen LogP contribution in [0.25, 0.3) is 0 Å². The zero-order valence-corrected chi connectivity index (χ0v) is 13.3. The molecule has 1 saturated carbocycles. The first-order chi connectivity index (χ1) is 9.62. The van der Waals surface area contributed by atoms with Crippen molar-refractivity contribution in [2.24, 2.45) is 5.92 Å². The predicted molar refractivity (Wildman–Crippen MR) is 81.6 cm³/mol. The molecule has 1 saturated heterocycles. The van der Waals surface area contributed by atoms with Crippen molar-refractivity contribution in [1.29, 1.82) is 0 Å². The summed E-state index contributed by atoms with van der Waals surface area (Å²) in [6.07, 6.45) is 3.15. The van der Waals surface area contributed by atoms with Gasteiger partial charge in [0.2, 0.25) is 5.91 Å². The first-order valence-electron chi connectivity index (χ1n) is 7.26. The number of benzene rings is 1. The van der Waals surface area contributed by atoms with Crippen molar-refractivity contribution in [3.05, 3.63) is 34.3 Å². The van der Waals surface area contributed by atoms with Crippen LogP contribution in [0.4, 0.5) is 0 Å². The topological polar surface area (TPSA) is 38.3 Å². The van der Waals surface area contributed by atoms with Gasteiger partial charge < -0.3 is 10.1 Å². The molecule has 0 aromatic heterocycles. The van der Waals surface area contributed by atoms with Gasteiger partial charge in [0, 0.05) is 22.5 Å². The molecule has 20 heavy (non-hydrogen) atoms. The van der Waals surface area contributed by atoms with Gasteiger partial charge in [0.1, 0.15) is 0 Å². The summed E-state index contributed by atoms with van der Waals surface area (Å²) in [6, 6.07) is 8.66. The zero-order chi connectivity index (χ0) is 14.2. The van der Waals surface area contributed by atoms with Crippen LogP contribution in [-0.4, -0.2) is 25.2 Å². The molecule has 0 spiro atoms.